The minimum absolute atomic E-state index is 0.0425. The summed E-state index contributed by atoms with van der Waals surface area (Å²) in [6, 6.07) is 2.68. The zero-order valence-electron chi connectivity index (χ0n) is 11.0. The number of sulfonamides is 1. The zero-order chi connectivity index (χ0) is 15.1. The molecule has 112 valence electrons. The van der Waals surface area contributed by atoms with Gasteiger partial charge in [-0.2, -0.15) is 4.31 Å². The van der Waals surface area contributed by atoms with Gasteiger partial charge in [-0.3, -0.25) is 0 Å². The van der Waals surface area contributed by atoms with Gasteiger partial charge >= 0.3 is 0 Å². The molecule has 2 rings (SSSR count). The van der Waals surface area contributed by atoms with Crippen LogP contribution in [-0.2, 0) is 10.0 Å². The molecular weight excluding hydrogens is 343 g/mol. The van der Waals surface area contributed by atoms with Gasteiger partial charge in [0.1, 0.15) is 4.90 Å². The van der Waals surface area contributed by atoms with E-state index in [9.17, 15) is 8.42 Å². The Morgan fingerprint density at radius 3 is 2.30 bits per heavy atom. The molecule has 1 aliphatic rings. The fourth-order valence-electron chi connectivity index (χ4n) is 2.22. The van der Waals surface area contributed by atoms with E-state index in [1.807, 2.05) is 13.8 Å². The van der Waals surface area contributed by atoms with E-state index < -0.39 is 10.0 Å². The van der Waals surface area contributed by atoms with Crippen LogP contribution in [0.1, 0.15) is 13.8 Å². The van der Waals surface area contributed by atoms with Crippen molar-refractivity contribution in [2.75, 3.05) is 13.1 Å². The fourth-order valence-corrected chi connectivity index (χ4v) is 5.43. The lowest BCUT2D eigenvalue weighted by molar-refractivity contribution is 0.244. The molecule has 2 atom stereocenters. The number of piperazine rings is 1. The number of nitrogens with zero attached hydrogens (tertiary/aromatic N) is 1. The highest BCUT2D eigenvalue weighted by Gasteiger charge is 2.36. The molecule has 4 nitrogen and oxygen atoms in total. The van der Waals surface area contributed by atoms with Crippen molar-refractivity contribution in [2.24, 2.45) is 0 Å². The van der Waals surface area contributed by atoms with Crippen molar-refractivity contribution in [1.82, 2.24) is 9.62 Å². The standard InChI is InChI=1S/C12H15Cl3N2O2S/c1-7-6-17(8(2)5-16-7)20(18,19)12-10(14)3-9(13)4-11(12)15/h3-4,7-8,16H,5-6H2,1-2H3. The largest absolute Gasteiger partial charge is 0.311 e. The predicted molar refractivity (Wildman–Crippen MR) is 82.3 cm³/mol. The Hall–Kier alpha value is -0.0400. The van der Waals surface area contributed by atoms with Crippen LogP contribution in [0, 0.1) is 0 Å². The molecule has 0 radical (unpaired) electrons. The fraction of sp³-hybridized carbons (Fsp3) is 0.500. The number of hydrogen-bond acceptors (Lipinski definition) is 3. The topological polar surface area (TPSA) is 49.4 Å². The van der Waals surface area contributed by atoms with Crippen molar-refractivity contribution in [3.05, 3.63) is 27.2 Å². The Labute approximate surface area is 134 Å². The van der Waals surface area contributed by atoms with Crippen LogP contribution in [0.3, 0.4) is 0 Å². The molecule has 0 aliphatic carbocycles. The Balaban J connectivity index is 2.50. The number of halogens is 3. The zero-order valence-corrected chi connectivity index (χ0v) is 14.1. The van der Waals surface area contributed by atoms with Crippen LogP contribution in [0.2, 0.25) is 15.1 Å². The van der Waals surface area contributed by atoms with Gasteiger partial charge in [0.05, 0.1) is 10.0 Å². The minimum Gasteiger partial charge on any atom is -0.311 e. The normalized spacial score (nSPS) is 24.9. The van der Waals surface area contributed by atoms with Crippen molar-refractivity contribution in [1.29, 1.82) is 0 Å². The Morgan fingerprint density at radius 1 is 1.20 bits per heavy atom. The molecule has 0 saturated carbocycles. The highest BCUT2D eigenvalue weighted by atomic mass is 35.5. The van der Waals surface area contributed by atoms with Crippen molar-refractivity contribution in [2.45, 2.75) is 30.8 Å². The molecule has 0 aromatic heterocycles. The third-order valence-corrected chi connectivity index (χ3v) is 6.36. The van der Waals surface area contributed by atoms with E-state index in [-0.39, 0.29) is 27.0 Å². The van der Waals surface area contributed by atoms with Gasteiger partial charge in [-0.05, 0) is 26.0 Å². The predicted octanol–water partition coefficient (Wildman–Crippen LogP) is 3.02. The summed E-state index contributed by atoms with van der Waals surface area (Å²) in [4.78, 5) is -0.0776. The molecular formula is C12H15Cl3N2O2S. The van der Waals surface area contributed by atoms with E-state index in [1.54, 1.807) is 0 Å². The summed E-state index contributed by atoms with van der Waals surface area (Å²) in [5.74, 6) is 0. The number of benzene rings is 1. The SMILES string of the molecule is CC1CN(S(=O)(=O)c2c(Cl)cc(Cl)cc2Cl)C(C)CN1. The quantitative estimate of drug-likeness (QED) is 0.885. The van der Waals surface area contributed by atoms with E-state index in [0.717, 1.165) is 0 Å². The lowest BCUT2D eigenvalue weighted by atomic mass is 10.2. The van der Waals surface area contributed by atoms with Crippen molar-refractivity contribution in [3.8, 4) is 0 Å². The smallest absolute Gasteiger partial charge is 0.246 e. The first-order chi connectivity index (χ1) is 9.23. The second kappa shape index (κ2) is 5.99. The first-order valence-corrected chi connectivity index (χ1v) is 8.70. The summed E-state index contributed by atoms with van der Waals surface area (Å²) in [6.45, 7) is 4.73. The van der Waals surface area contributed by atoms with Gasteiger partial charge in [-0.25, -0.2) is 8.42 Å². The maximum atomic E-state index is 12.8. The van der Waals surface area contributed by atoms with Crippen LogP contribution in [0.4, 0.5) is 0 Å². The first-order valence-electron chi connectivity index (χ1n) is 6.13. The maximum Gasteiger partial charge on any atom is 0.246 e. The van der Waals surface area contributed by atoms with Crippen LogP contribution < -0.4 is 5.32 Å². The van der Waals surface area contributed by atoms with E-state index >= 15 is 0 Å². The summed E-state index contributed by atoms with van der Waals surface area (Å²) >= 11 is 17.9. The van der Waals surface area contributed by atoms with E-state index in [4.69, 9.17) is 34.8 Å². The van der Waals surface area contributed by atoms with E-state index in [0.29, 0.717) is 18.1 Å². The van der Waals surface area contributed by atoms with Crippen LogP contribution in [0.5, 0.6) is 0 Å². The summed E-state index contributed by atoms with van der Waals surface area (Å²) in [5.41, 5.74) is 0. The van der Waals surface area contributed by atoms with E-state index in [1.165, 1.54) is 16.4 Å². The molecule has 1 aromatic rings. The van der Waals surface area contributed by atoms with Gasteiger partial charge in [-0.1, -0.05) is 34.8 Å². The number of hydrogen-bond donors (Lipinski definition) is 1. The molecule has 1 N–H and O–H groups in total. The molecule has 1 saturated heterocycles. The molecule has 8 heteroatoms. The third-order valence-electron chi connectivity index (χ3n) is 3.24. The highest BCUT2D eigenvalue weighted by molar-refractivity contribution is 7.89. The molecule has 1 fully saturated rings. The van der Waals surface area contributed by atoms with Gasteiger partial charge in [0.15, 0.2) is 0 Å². The minimum atomic E-state index is -3.75. The van der Waals surface area contributed by atoms with Gasteiger partial charge in [-0.15, -0.1) is 0 Å². The molecule has 0 bridgehead atoms. The highest BCUT2D eigenvalue weighted by Crippen LogP contribution is 2.35. The van der Waals surface area contributed by atoms with Crippen molar-refractivity contribution < 1.29 is 8.42 Å². The number of rotatable bonds is 2. The molecule has 1 aliphatic heterocycles. The molecule has 0 amide bonds. The van der Waals surface area contributed by atoms with E-state index in [2.05, 4.69) is 5.32 Å². The Bertz CT molecular complexity index is 598. The molecule has 1 aromatic carbocycles. The average Bonchev–Trinajstić information content (AvgIpc) is 2.30. The Kier molecular flexibility index (Phi) is 4.89. The molecule has 1 heterocycles. The average molecular weight is 358 g/mol. The summed E-state index contributed by atoms with van der Waals surface area (Å²) < 4.78 is 27.0. The summed E-state index contributed by atoms with van der Waals surface area (Å²) in [5, 5.41) is 3.62. The lowest BCUT2D eigenvalue weighted by Crippen LogP contribution is -2.56. The van der Waals surface area contributed by atoms with Crippen LogP contribution in [-0.4, -0.2) is 37.9 Å². The van der Waals surface area contributed by atoms with Gasteiger partial charge in [0.25, 0.3) is 0 Å². The van der Waals surface area contributed by atoms with Crippen LogP contribution in [0.15, 0.2) is 17.0 Å². The maximum absolute atomic E-state index is 12.8. The second-order valence-corrected chi connectivity index (χ2v) is 8.01. The summed E-state index contributed by atoms with van der Waals surface area (Å²) in [7, 11) is -3.75. The van der Waals surface area contributed by atoms with Gasteiger partial charge < -0.3 is 5.32 Å². The first kappa shape index (κ1) is 16.3. The van der Waals surface area contributed by atoms with Crippen molar-refractivity contribution >= 4 is 44.8 Å². The Morgan fingerprint density at radius 2 is 1.75 bits per heavy atom. The van der Waals surface area contributed by atoms with Crippen molar-refractivity contribution in [3.63, 3.8) is 0 Å². The monoisotopic (exact) mass is 356 g/mol. The molecule has 0 spiro atoms. The lowest BCUT2D eigenvalue weighted by Gasteiger charge is -2.36. The third kappa shape index (κ3) is 3.08. The second-order valence-electron chi connectivity index (χ2n) is 4.93. The summed E-state index contributed by atoms with van der Waals surface area (Å²) in [6.07, 6.45) is 0. The van der Waals surface area contributed by atoms with Gasteiger partial charge in [0, 0.05) is 30.2 Å². The van der Waals surface area contributed by atoms with Crippen LogP contribution >= 0.6 is 34.8 Å². The molecule has 20 heavy (non-hydrogen) atoms. The number of nitrogens with one attached hydrogen (secondary N) is 1. The molecule has 2 unspecified atom stereocenters. The van der Waals surface area contributed by atoms with Crippen LogP contribution in [0.25, 0.3) is 0 Å². The van der Waals surface area contributed by atoms with Gasteiger partial charge in [0.2, 0.25) is 10.0 Å².